The summed E-state index contributed by atoms with van der Waals surface area (Å²) in [6.07, 6.45) is 2.70. The van der Waals surface area contributed by atoms with Crippen LogP contribution in [0.15, 0.2) is 36.4 Å². The standard InChI is InChI=1S/C31H43N5O8/c1-18(2)15-24(34-26(38)13-14-36-27(39)11-12-28(36)40)30(42)32-20(5)29(41)35-25(16-19(3)4)31(43)33-23-9-7-22(8-10-23)17-44-21(6)37/h7-12,18-20,24-25H,13-17H2,1-6H3,(H,32,42)(H,33,43)(H,34,38)(H,35,41)/t20-,24+,25-/m0/s1. The molecular weight excluding hydrogens is 570 g/mol. The Balaban J connectivity index is 1.98. The number of amides is 6. The van der Waals surface area contributed by atoms with Gasteiger partial charge in [0, 0.05) is 37.7 Å². The van der Waals surface area contributed by atoms with Gasteiger partial charge in [0.1, 0.15) is 24.7 Å². The fourth-order valence-electron chi connectivity index (χ4n) is 4.31. The highest BCUT2D eigenvalue weighted by Gasteiger charge is 2.29. The summed E-state index contributed by atoms with van der Waals surface area (Å²) in [5, 5.41) is 10.7. The maximum atomic E-state index is 13.1. The number of nitrogens with one attached hydrogen (secondary N) is 4. The topological polar surface area (TPSA) is 180 Å². The molecule has 0 aromatic heterocycles. The van der Waals surface area contributed by atoms with Gasteiger partial charge < -0.3 is 26.0 Å². The van der Waals surface area contributed by atoms with Crippen LogP contribution in [0.25, 0.3) is 0 Å². The van der Waals surface area contributed by atoms with Crippen LogP contribution < -0.4 is 21.3 Å². The molecule has 1 aromatic carbocycles. The first-order valence-electron chi connectivity index (χ1n) is 14.6. The Morgan fingerprint density at radius 1 is 0.750 bits per heavy atom. The lowest BCUT2D eigenvalue weighted by molar-refractivity contribution is -0.142. The predicted molar refractivity (Wildman–Crippen MR) is 161 cm³/mol. The van der Waals surface area contributed by atoms with Crippen molar-refractivity contribution in [1.82, 2.24) is 20.9 Å². The van der Waals surface area contributed by atoms with Crippen LogP contribution in [0.1, 0.15) is 66.4 Å². The van der Waals surface area contributed by atoms with Crippen LogP contribution in [0, 0.1) is 11.8 Å². The van der Waals surface area contributed by atoms with Crippen molar-refractivity contribution < 1.29 is 38.3 Å². The van der Waals surface area contributed by atoms with Gasteiger partial charge in [-0.25, -0.2) is 0 Å². The SMILES string of the molecule is CC(=O)OCc1ccc(NC(=O)[C@H](CC(C)C)NC(=O)[C@H](C)NC(=O)[C@@H](CC(C)C)NC(=O)CCN2C(=O)C=CC2=O)cc1. The Bertz CT molecular complexity index is 1240. The predicted octanol–water partition coefficient (Wildman–Crippen LogP) is 1.57. The minimum atomic E-state index is -1.02. The average molecular weight is 614 g/mol. The van der Waals surface area contributed by atoms with Gasteiger partial charge in [-0.2, -0.15) is 0 Å². The lowest BCUT2D eigenvalue weighted by Crippen LogP contribution is -2.55. The van der Waals surface area contributed by atoms with Gasteiger partial charge >= 0.3 is 5.97 Å². The fraction of sp³-hybridized carbons (Fsp3) is 0.516. The van der Waals surface area contributed by atoms with E-state index in [1.807, 2.05) is 27.7 Å². The molecule has 2 rings (SSSR count). The van der Waals surface area contributed by atoms with E-state index in [-0.39, 0.29) is 37.8 Å². The summed E-state index contributed by atoms with van der Waals surface area (Å²) in [7, 11) is 0. The van der Waals surface area contributed by atoms with Gasteiger partial charge in [-0.1, -0.05) is 39.8 Å². The molecule has 13 nitrogen and oxygen atoms in total. The second-order valence-corrected chi connectivity index (χ2v) is 11.5. The molecule has 240 valence electrons. The molecule has 3 atom stereocenters. The molecule has 1 heterocycles. The highest BCUT2D eigenvalue weighted by atomic mass is 16.5. The number of anilines is 1. The molecule has 0 saturated heterocycles. The van der Waals surface area contributed by atoms with Gasteiger partial charge in [0.25, 0.3) is 11.8 Å². The number of carbonyl (C=O) groups is 7. The van der Waals surface area contributed by atoms with Crippen LogP contribution in [-0.2, 0) is 44.9 Å². The number of hydrogen-bond donors (Lipinski definition) is 4. The summed E-state index contributed by atoms with van der Waals surface area (Å²) in [6.45, 7) is 10.3. The summed E-state index contributed by atoms with van der Waals surface area (Å²) in [6, 6.07) is 3.87. The molecule has 6 amide bonds. The monoisotopic (exact) mass is 613 g/mol. The van der Waals surface area contributed by atoms with E-state index < -0.39 is 59.5 Å². The van der Waals surface area contributed by atoms with Crippen LogP contribution in [-0.4, -0.2) is 71.0 Å². The summed E-state index contributed by atoms with van der Waals surface area (Å²) in [4.78, 5) is 87.2. The van der Waals surface area contributed by atoms with Crippen LogP contribution in [0.2, 0.25) is 0 Å². The lowest BCUT2D eigenvalue weighted by Gasteiger charge is -2.25. The van der Waals surface area contributed by atoms with Crippen molar-refractivity contribution in [3.05, 3.63) is 42.0 Å². The summed E-state index contributed by atoms with van der Waals surface area (Å²) in [5.41, 5.74) is 1.24. The first-order chi connectivity index (χ1) is 20.7. The van der Waals surface area contributed by atoms with E-state index in [9.17, 15) is 33.6 Å². The number of ether oxygens (including phenoxy) is 1. The summed E-state index contributed by atoms with van der Waals surface area (Å²) in [5.74, 6) is -3.44. The fourth-order valence-corrected chi connectivity index (χ4v) is 4.31. The van der Waals surface area contributed by atoms with Crippen LogP contribution >= 0.6 is 0 Å². The molecule has 1 aliphatic heterocycles. The van der Waals surface area contributed by atoms with Crippen molar-refractivity contribution >= 4 is 47.1 Å². The van der Waals surface area contributed by atoms with Crippen LogP contribution in [0.3, 0.4) is 0 Å². The van der Waals surface area contributed by atoms with Gasteiger partial charge in [0.05, 0.1) is 0 Å². The summed E-state index contributed by atoms with van der Waals surface area (Å²) < 4.78 is 4.96. The number of imide groups is 1. The molecular formula is C31H43N5O8. The number of rotatable bonds is 16. The van der Waals surface area contributed by atoms with Crippen molar-refractivity contribution in [2.45, 2.75) is 85.5 Å². The third kappa shape index (κ3) is 12.0. The number of benzene rings is 1. The van der Waals surface area contributed by atoms with Crippen molar-refractivity contribution in [3.63, 3.8) is 0 Å². The van der Waals surface area contributed by atoms with Crippen molar-refractivity contribution in [3.8, 4) is 0 Å². The zero-order chi connectivity index (χ0) is 33.0. The Labute approximate surface area is 257 Å². The Kier molecular flexibility index (Phi) is 13.7. The molecule has 0 aliphatic carbocycles. The minimum Gasteiger partial charge on any atom is -0.461 e. The Hall–Kier alpha value is -4.55. The van der Waals surface area contributed by atoms with Gasteiger partial charge in [-0.15, -0.1) is 0 Å². The van der Waals surface area contributed by atoms with Gasteiger partial charge in [-0.05, 0) is 49.3 Å². The average Bonchev–Trinajstić information content (AvgIpc) is 3.26. The van der Waals surface area contributed by atoms with Crippen molar-refractivity contribution in [2.24, 2.45) is 11.8 Å². The second kappa shape index (κ2) is 16.9. The quantitative estimate of drug-likeness (QED) is 0.160. The van der Waals surface area contributed by atoms with E-state index >= 15 is 0 Å². The van der Waals surface area contributed by atoms with Gasteiger partial charge in [0.2, 0.25) is 23.6 Å². The maximum absolute atomic E-state index is 13.1. The molecule has 1 aromatic rings. The van der Waals surface area contributed by atoms with E-state index in [0.29, 0.717) is 12.1 Å². The third-order valence-corrected chi connectivity index (χ3v) is 6.58. The highest BCUT2D eigenvalue weighted by Crippen LogP contribution is 2.14. The van der Waals surface area contributed by atoms with Crippen LogP contribution in [0.5, 0.6) is 0 Å². The van der Waals surface area contributed by atoms with E-state index in [4.69, 9.17) is 4.74 Å². The van der Waals surface area contributed by atoms with E-state index in [1.165, 1.54) is 13.8 Å². The Morgan fingerprint density at radius 3 is 1.82 bits per heavy atom. The zero-order valence-electron chi connectivity index (χ0n) is 26.1. The molecule has 0 saturated carbocycles. The Morgan fingerprint density at radius 2 is 1.30 bits per heavy atom. The van der Waals surface area contributed by atoms with Crippen molar-refractivity contribution in [2.75, 3.05) is 11.9 Å². The first-order valence-corrected chi connectivity index (χ1v) is 14.6. The van der Waals surface area contributed by atoms with Gasteiger partial charge in [0.15, 0.2) is 0 Å². The van der Waals surface area contributed by atoms with Gasteiger partial charge in [-0.3, -0.25) is 38.5 Å². The van der Waals surface area contributed by atoms with E-state index in [0.717, 1.165) is 22.6 Å². The molecule has 0 unspecified atom stereocenters. The molecule has 0 bridgehead atoms. The normalized spacial score (nSPS) is 14.7. The number of hydrogen-bond acceptors (Lipinski definition) is 8. The molecule has 44 heavy (non-hydrogen) atoms. The third-order valence-electron chi connectivity index (χ3n) is 6.58. The maximum Gasteiger partial charge on any atom is 0.302 e. The number of esters is 1. The number of carbonyl (C=O) groups excluding carboxylic acids is 7. The lowest BCUT2D eigenvalue weighted by atomic mass is 10.0. The largest absolute Gasteiger partial charge is 0.461 e. The van der Waals surface area contributed by atoms with E-state index in [2.05, 4.69) is 21.3 Å². The first kappa shape index (κ1) is 35.6. The number of nitrogens with zero attached hydrogens (tertiary/aromatic N) is 1. The zero-order valence-corrected chi connectivity index (χ0v) is 26.1. The smallest absolute Gasteiger partial charge is 0.302 e. The highest BCUT2D eigenvalue weighted by molar-refractivity contribution is 6.13. The molecule has 0 radical (unpaired) electrons. The molecule has 13 heteroatoms. The molecule has 4 N–H and O–H groups in total. The van der Waals surface area contributed by atoms with Crippen molar-refractivity contribution in [1.29, 1.82) is 0 Å². The molecule has 1 aliphatic rings. The summed E-state index contributed by atoms with van der Waals surface area (Å²) >= 11 is 0. The molecule has 0 fully saturated rings. The second-order valence-electron chi connectivity index (χ2n) is 11.5. The molecule has 0 spiro atoms. The van der Waals surface area contributed by atoms with E-state index in [1.54, 1.807) is 24.3 Å². The minimum absolute atomic E-state index is 0.0240. The van der Waals surface area contributed by atoms with Crippen LogP contribution in [0.4, 0.5) is 5.69 Å².